The van der Waals surface area contributed by atoms with Gasteiger partial charge in [0.1, 0.15) is 5.75 Å². The van der Waals surface area contributed by atoms with Crippen molar-refractivity contribution in [3.05, 3.63) is 12.2 Å². The molecule has 0 aliphatic heterocycles. The summed E-state index contributed by atoms with van der Waals surface area (Å²) >= 11 is 0. The Bertz CT molecular complexity index is 567. The Morgan fingerprint density at radius 1 is 1.23 bits per heavy atom. The summed E-state index contributed by atoms with van der Waals surface area (Å²) in [4.78, 5) is 22.7. The number of ether oxygens (including phenoxy) is 1. The van der Waals surface area contributed by atoms with Crippen molar-refractivity contribution in [2.24, 2.45) is 11.8 Å². The quantitative estimate of drug-likeness (QED) is 0.433. The van der Waals surface area contributed by atoms with Crippen molar-refractivity contribution < 1.29 is 45.6 Å². The molecule has 126 valence electrons. The van der Waals surface area contributed by atoms with Crippen LogP contribution in [0.2, 0.25) is 0 Å². The van der Waals surface area contributed by atoms with Crippen LogP contribution in [0.4, 0.5) is 13.2 Å². The van der Waals surface area contributed by atoms with Crippen molar-refractivity contribution in [1.29, 1.82) is 0 Å². The van der Waals surface area contributed by atoms with Crippen LogP contribution in [0.3, 0.4) is 0 Å². The molecule has 1 aliphatic carbocycles. The van der Waals surface area contributed by atoms with E-state index in [0.717, 1.165) is 0 Å². The highest BCUT2D eigenvalue weighted by molar-refractivity contribution is 7.85. The Balaban J connectivity index is 2.90. The largest absolute Gasteiger partial charge is 0.481 e. The van der Waals surface area contributed by atoms with E-state index in [1.807, 2.05) is 0 Å². The minimum atomic E-state index is -5.21. The molecule has 22 heavy (non-hydrogen) atoms. The van der Waals surface area contributed by atoms with Crippen LogP contribution >= 0.6 is 0 Å². The van der Waals surface area contributed by atoms with Gasteiger partial charge in [0.15, 0.2) is 0 Å². The third kappa shape index (κ3) is 5.30. The zero-order chi connectivity index (χ0) is 17.1. The van der Waals surface area contributed by atoms with Gasteiger partial charge in [-0.3, -0.25) is 14.1 Å². The lowest BCUT2D eigenvalue weighted by Gasteiger charge is -2.26. The van der Waals surface area contributed by atoms with E-state index in [0.29, 0.717) is 0 Å². The van der Waals surface area contributed by atoms with E-state index < -0.39 is 51.9 Å². The number of allylic oxidation sites excluding steroid dienone is 2. The second kappa shape index (κ2) is 6.65. The van der Waals surface area contributed by atoms with E-state index in [1.54, 1.807) is 0 Å². The van der Waals surface area contributed by atoms with Crippen LogP contribution in [0, 0.1) is 11.8 Å². The van der Waals surface area contributed by atoms with Gasteiger partial charge < -0.3 is 9.84 Å². The summed E-state index contributed by atoms with van der Waals surface area (Å²) in [6.07, 6.45) is -5.56. The number of carboxylic acid groups (broad SMARTS) is 1. The smallest absolute Gasteiger partial charge is 0.426 e. The number of carbonyl (C=O) groups is 2. The summed E-state index contributed by atoms with van der Waals surface area (Å²) in [5, 5.41) is 8.94. The fourth-order valence-electron chi connectivity index (χ4n) is 1.96. The lowest BCUT2D eigenvalue weighted by Crippen LogP contribution is -2.42. The number of carbonyl (C=O) groups excluding carboxylic acids is 1. The molecular weight excluding hydrogens is 333 g/mol. The Morgan fingerprint density at radius 2 is 1.73 bits per heavy atom. The molecule has 2 N–H and O–H groups in total. The molecule has 0 saturated carbocycles. The molecule has 1 rings (SSSR count). The van der Waals surface area contributed by atoms with E-state index in [1.165, 1.54) is 12.2 Å². The van der Waals surface area contributed by atoms with E-state index in [-0.39, 0.29) is 12.8 Å². The highest BCUT2D eigenvalue weighted by Gasteiger charge is 2.47. The fourth-order valence-corrected chi connectivity index (χ4v) is 2.60. The minimum Gasteiger partial charge on any atom is -0.481 e. The lowest BCUT2D eigenvalue weighted by molar-refractivity contribution is -0.218. The standard InChI is InChI=1S/C11H13F3O7S/c12-11(13,14)8(5-22(18,19)20)21-10(17)7-4-2-1-3-6(7)9(15)16/h1-2,6-8H,3-5H2,(H,15,16)(H,18,19,20)/t6?,7?,8-/m0/s1. The molecule has 0 heterocycles. The summed E-state index contributed by atoms with van der Waals surface area (Å²) in [6, 6.07) is 0. The average molecular weight is 346 g/mol. The number of alkyl halides is 3. The van der Waals surface area contributed by atoms with Crippen molar-refractivity contribution in [2.45, 2.75) is 25.1 Å². The zero-order valence-corrected chi connectivity index (χ0v) is 11.8. The molecule has 1 aliphatic rings. The van der Waals surface area contributed by atoms with Gasteiger partial charge in [0.05, 0.1) is 11.8 Å². The summed E-state index contributed by atoms with van der Waals surface area (Å²) in [5.74, 6) is -7.29. The number of carboxylic acids is 1. The molecule has 0 spiro atoms. The maximum absolute atomic E-state index is 12.7. The molecule has 0 aromatic heterocycles. The van der Waals surface area contributed by atoms with E-state index in [2.05, 4.69) is 4.74 Å². The first-order valence-electron chi connectivity index (χ1n) is 6.02. The summed E-state index contributed by atoms with van der Waals surface area (Å²) in [5.41, 5.74) is 0. The first kappa shape index (κ1) is 18.4. The second-order valence-electron chi connectivity index (χ2n) is 4.71. The minimum absolute atomic E-state index is 0.0515. The molecule has 0 amide bonds. The van der Waals surface area contributed by atoms with E-state index in [9.17, 15) is 31.2 Å². The number of rotatable bonds is 5. The molecule has 3 atom stereocenters. The normalized spacial score (nSPS) is 23.8. The lowest BCUT2D eigenvalue weighted by atomic mass is 9.83. The first-order chi connectivity index (χ1) is 9.92. The van der Waals surface area contributed by atoms with Crippen LogP contribution in [0.5, 0.6) is 0 Å². The average Bonchev–Trinajstić information content (AvgIpc) is 2.35. The Morgan fingerprint density at radius 3 is 2.14 bits per heavy atom. The third-order valence-electron chi connectivity index (χ3n) is 3.04. The SMILES string of the molecule is O=C(O)C1CC=CCC1C(=O)O[C@@H](CS(=O)(=O)O)C(F)(F)F. The molecule has 11 heteroatoms. The predicted octanol–water partition coefficient (Wildman–Crippen LogP) is 1.02. The molecule has 2 unspecified atom stereocenters. The Labute approximate surface area is 123 Å². The topological polar surface area (TPSA) is 118 Å². The van der Waals surface area contributed by atoms with Gasteiger partial charge in [-0.2, -0.15) is 21.6 Å². The van der Waals surface area contributed by atoms with Crippen LogP contribution < -0.4 is 0 Å². The number of aliphatic carboxylic acids is 1. The van der Waals surface area contributed by atoms with Crippen molar-refractivity contribution in [2.75, 3.05) is 5.75 Å². The maximum atomic E-state index is 12.7. The number of hydrogen-bond donors (Lipinski definition) is 2. The van der Waals surface area contributed by atoms with Gasteiger partial charge in [0, 0.05) is 0 Å². The number of halogens is 3. The second-order valence-corrected chi connectivity index (χ2v) is 6.21. The maximum Gasteiger partial charge on any atom is 0.426 e. The van der Waals surface area contributed by atoms with Gasteiger partial charge in [0.25, 0.3) is 10.1 Å². The predicted molar refractivity (Wildman–Crippen MR) is 65.3 cm³/mol. The third-order valence-corrected chi connectivity index (χ3v) is 3.76. The van der Waals surface area contributed by atoms with Crippen LogP contribution in [0.25, 0.3) is 0 Å². The molecule has 0 saturated heterocycles. The Kier molecular flexibility index (Phi) is 5.57. The monoisotopic (exact) mass is 346 g/mol. The molecule has 7 nitrogen and oxygen atoms in total. The van der Waals surface area contributed by atoms with Crippen LogP contribution in [0.15, 0.2) is 12.2 Å². The van der Waals surface area contributed by atoms with Crippen molar-refractivity contribution in [3.63, 3.8) is 0 Å². The number of esters is 1. The summed E-state index contributed by atoms with van der Waals surface area (Å²) in [7, 11) is -5.04. The van der Waals surface area contributed by atoms with E-state index in [4.69, 9.17) is 9.66 Å². The molecular formula is C11H13F3O7S. The van der Waals surface area contributed by atoms with Crippen LogP contribution in [0.1, 0.15) is 12.8 Å². The Hall–Kier alpha value is -1.62. The van der Waals surface area contributed by atoms with Gasteiger partial charge >= 0.3 is 18.1 Å². The summed E-state index contributed by atoms with van der Waals surface area (Å²) in [6.45, 7) is 0. The highest BCUT2D eigenvalue weighted by Crippen LogP contribution is 2.30. The molecule has 0 fully saturated rings. The van der Waals surface area contributed by atoms with Gasteiger partial charge in [-0.15, -0.1) is 0 Å². The van der Waals surface area contributed by atoms with Crippen LogP contribution in [-0.2, 0) is 24.4 Å². The molecule has 0 aromatic rings. The molecule has 0 bridgehead atoms. The van der Waals surface area contributed by atoms with Gasteiger partial charge in [0.2, 0.25) is 6.10 Å². The van der Waals surface area contributed by atoms with Gasteiger partial charge in [-0.25, -0.2) is 0 Å². The number of hydrogen-bond acceptors (Lipinski definition) is 5. The van der Waals surface area contributed by atoms with Gasteiger partial charge in [-0.05, 0) is 12.8 Å². The highest BCUT2D eigenvalue weighted by atomic mass is 32.2. The molecule has 0 radical (unpaired) electrons. The van der Waals surface area contributed by atoms with Gasteiger partial charge in [-0.1, -0.05) is 12.2 Å². The molecule has 0 aromatic carbocycles. The van der Waals surface area contributed by atoms with E-state index >= 15 is 0 Å². The van der Waals surface area contributed by atoms with Crippen molar-refractivity contribution >= 4 is 22.1 Å². The van der Waals surface area contributed by atoms with Crippen LogP contribution in [-0.4, -0.2) is 48.0 Å². The van der Waals surface area contributed by atoms with Crippen molar-refractivity contribution in [1.82, 2.24) is 0 Å². The first-order valence-corrected chi connectivity index (χ1v) is 7.63. The summed E-state index contributed by atoms with van der Waals surface area (Å²) < 4.78 is 71.7. The van der Waals surface area contributed by atoms with Crippen molar-refractivity contribution in [3.8, 4) is 0 Å². The fraction of sp³-hybridized carbons (Fsp3) is 0.636. The zero-order valence-electron chi connectivity index (χ0n) is 11.0.